The highest BCUT2D eigenvalue weighted by Gasteiger charge is 2.39. The van der Waals surface area contributed by atoms with Crippen molar-refractivity contribution in [2.75, 3.05) is 0 Å². The van der Waals surface area contributed by atoms with Crippen molar-refractivity contribution in [2.45, 2.75) is 57.8 Å². The van der Waals surface area contributed by atoms with Gasteiger partial charge in [-0.2, -0.15) is 0 Å². The second-order valence-corrected chi connectivity index (χ2v) is 21.3. The third kappa shape index (κ3) is 6.35. The summed E-state index contributed by atoms with van der Waals surface area (Å²) in [5, 5.41) is 0. The van der Waals surface area contributed by atoms with Crippen LogP contribution in [0.15, 0.2) is 218 Å². The molecule has 0 aliphatic heterocycles. The summed E-state index contributed by atoms with van der Waals surface area (Å²) in [5.41, 5.74) is 31.1. The molecule has 330 valence electrons. The Balaban J connectivity index is 0.814. The first-order valence-electron chi connectivity index (χ1n) is 24.6. The predicted octanol–water partition coefficient (Wildman–Crippen LogP) is 18.6. The average Bonchev–Trinajstić information content (AvgIpc) is 3.87. The van der Waals surface area contributed by atoms with Crippen molar-refractivity contribution in [3.8, 4) is 100 Å². The van der Waals surface area contributed by atoms with Crippen LogP contribution in [0.2, 0.25) is 0 Å². The van der Waals surface area contributed by atoms with Gasteiger partial charge in [0.15, 0.2) is 0 Å². The Kier molecular flexibility index (Phi) is 9.06. The molecule has 0 atom stereocenters. The van der Waals surface area contributed by atoms with E-state index in [1.807, 2.05) is 0 Å². The molecule has 0 saturated heterocycles. The molecular weight excluding hydrogens is 829 g/mol. The number of hydrogen-bond donors (Lipinski definition) is 0. The van der Waals surface area contributed by atoms with Gasteiger partial charge in [0.2, 0.25) is 0 Å². The monoisotopic (exact) mass is 882 g/mol. The average molecular weight is 883 g/mol. The van der Waals surface area contributed by atoms with Crippen LogP contribution in [-0.2, 0) is 16.2 Å². The maximum Gasteiger partial charge on any atom is 0.0159 e. The van der Waals surface area contributed by atoms with Gasteiger partial charge < -0.3 is 0 Å². The molecule has 0 spiro atoms. The predicted molar refractivity (Wildman–Crippen MR) is 292 cm³/mol. The van der Waals surface area contributed by atoms with Gasteiger partial charge in [0.1, 0.15) is 0 Å². The quantitative estimate of drug-likeness (QED) is 0.156. The van der Waals surface area contributed by atoms with Gasteiger partial charge in [0.05, 0.1) is 0 Å². The second kappa shape index (κ2) is 15.1. The Morgan fingerprint density at radius 3 is 0.725 bits per heavy atom. The van der Waals surface area contributed by atoms with Crippen LogP contribution in [0, 0.1) is 0 Å². The molecule has 0 saturated carbocycles. The lowest BCUT2D eigenvalue weighted by Crippen LogP contribution is -2.16. The maximum absolute atomic E-state index is 2.48. The molecule has 0 N–H and O–H groups in total. The fraction of sp³-hybridized carbons (Fsp3) is 0.130. The zero-order valence-electron chi connectivity index (χ0n) is 40.3. The molecule has 0 heteroatoms. The first-order valence-corrected chi connectivity index (χ1v) is 24.6. The fourth-order valence-corrected chi connectivity index (χ4v) is 12.4. The first kappa shape index (κ1) is 41.4. The van der Waals surface area contributed by atoms with E-state index in [0.717, 1.165) is 0 Å². The smallest absolute Gasteiger partial charge is 0.0159 e. The van der Waals surface area contributed by atoms with E-state index in [2.05, 4.69) is 260 Å². The zero-order chi connectivity index (χ0) is 46.8. The molecule has 10 aromatic rings. The van der Waals surface area contributed by atoms with E-state index < -0.39 is 0 Å². The van der Waals surface area contributed by atoms with Gasteiger partial charge in [0.25, 0.3) is 0 Å². The molecular formula is C69H54. The molecule has 0 fully saturated rings. The largest absolute Gasteiger partial charge is 0.0622 e. The third-order valence-corrected chi connectivity index (χ3v) is 16.3. The minimum absolute atomic E-state index is 0.103. The Morgan fingerprint density at radius 1 is 0.174 bits per heavy atom. The molecule has 10 aromatic carbocycles. The summed E-state index contributed by atoms with van der Waals surface area (Å²) in [5.74, 6) is 0. The highest BCUT2D eigenvalue weighted by Crippen LogP contribution is 2.55. The molecule has 69 heavy (non-hydrogen) atoms. The van der Waals surface area contributed by atoms with Crippen LogP contribution in [0.3, 0.4) is 0 Å². The van der Waals surface area contributed by atoms with Gasteiger partial charge in [-0.25, -0.2) is 0 Å². The van der Waals surface area contributed by atoms with Gasteiger partial charge in [-0.15, -0.1) is 0 Å². The summed E-state index contributed by atoms with van der Waals surface area (Å²) in [6.07, 6.45) is 0. The van der Waals surface area contributed by atoms with Gasteiger partial charge in [0, 0.05) is 16.2 Å². The molecule has 0 aromatic heterocycles. The van der Waals surface area contributed by atoms with E-state index in [1.165, 1.54) is 134 Å². The number of benzene rings is 10. The number of fused-ring (bicyclic) bond motifs is 9. The molecule has 0 radical (unpaired) electrons. The standard InChI is InChI=1S/C69H54/c1-67(2)61-37-47(44-18-12-8-13-19-44)23-30-54(61)55-31-24-48(38-62(55)67)49-25-32-56-57-33-26-50(40-64(57)68(3,4)63(56)39-49)51-27-34-58-59-35-28-52(42-66(59)69(5,6)65(58)41-51)60-36-46(43-16-10-7-11-17-43)22-29-53(60)45-20-14-9-15-21-45/h7-42H,1-6H3. The van der Waals surface area contributed by atoms with E-state index in [1.54, 1.807) is 0 Å². The van der Waals surface area contributed by atoms with Crippen molar-refractivity contribution >= 4 is 0 Å². The Bertz CT molecular complexity index is 3710. The van der Waals surface area contributed by atoms with Crippen molar-refractivity contribution in [1.29, 1.82) is 0 Å². The van der Waals surface area contributed by atoms with Gasteiger partial charge in [-0.05, 0) is 176 Å². The van der Waals surface area contributed by atoms with Crippen LogP contribution in [0.25, 0.3) is 100 Å². The van der Waals surface area contributed by atoms with Crippen LogP contribution in [-0.4, -0.2) is 0 Å². The second-order valence-electron chi connectivity index (χ2n) is 21.3. The summed E-state index contributed by atoms with van der Waals surface area (Å²) in [4.78, 5) is 0. The summed E-state index contributed by atoms with van der Waals surface area (Å²) in [7, 11) is 0. The zero-order valence-corrected chi connectivity index (χ0v) is 40.3. The van der Waals surface area contributed by atoms with Crippen molar-refractivity contribution in [1.82, 2.24) is 0 Å². The fourth-order valence-electron chi connectivity index (χ4n) is 12.4. The Hall–Kier alpha value is -7.80. The van der Waals surface area contributed by atoms with Crippen LogP contribution >= 0.6 is 0 Å². The minimum Gasteiger partial charge on any atom is -0.0622 e. The third-order valence-electron chi connectivity index (χ3n) is 16.3. The van der Waals surface area contributed by atoms with E-state index >= 15 is 0 Å². The SMILES string of the molecule is CC1(C)c2cc(-c3ccccc3)ccc2-c2ccc(-c3ccc4c(c3)C(C)(C)c3cc(-c5ccc6c(c5)C(C)(C)c5cc(-c7cc(-c8ccccc8)ccc7-c7ccccc7)ccc5-6)ccc3-4)cc21. The minimum atomic E-state index is -0.177. The number of hydrogen-bond acceptors (Lipinski definition) is 0. The highest BCUT2D eigenvalue weighted by molar-refractivity contribution is 5.93. The van der Waals surface area contributed by atoms with Crippen LogP contribution in [0.5, 0.6) is 0 Å². The Morgan fingerprint density at radius 2 is 0.406 bits per heavy atom. The lowest BCUT2D eigenvalue weighted by Gasteiger charge is -2.24. The summed E-state index contributed by atoms with van der Waals surface area (Å²) in [6.45, 7) is 14.4. The van der Waals surface area contributed by atoms with E-state index in [-0.39, 0.29) is 16.2 Å². The highest BCUT2D eigenvalue weighted by atomic mass is 14.4. The van der Waals surface area contributed by atoms with Crippen molar-refractivity contribution < 1.29 is 0 Å². The van der Waals surface area contributed by atoms with E-state index in [0.29, 0.717) is 0 Å². The molecule has 0 nitrogen and oxygen atoms in total. The summed E-state index contributed by atoms with van der Waals surface area (Å²) < 4.78 is 0. The summed E-state index contributed by atoms with van der Waals surface area (Å²) in [6, 6.07) is 82.3. The van der Waals surface area contributed by atoms with Gasteiger partial charge >= 0.3 is 0 Å². The van der Waals surface area contributed by atoms with Gasteiger partial charge in [-0.3, -0.25) is 0 Å². The summed E-state index contributed by atoms with van der Waals surface area (Å²) >= 11 is 0. The Labute approximate surface area is 407 Å². The molecule has 3 aliphatic carbocycles. The van der Waals surface area contributed by atoms with Crippen molar-refractivity contribution in [3.63, 3.8) is 0 Å². The van der Waals surface area contributed by atoms with Gasteiger partial charge in [-0.1, -0.05) is 217 Å². The molecule has 3 aliphatic rings. The normalized spacial score (nSPS) is 14.9. The van der Waals surface area contributed by atoms with Crippen LogP contribution in [0.1, 0.15) is 74.9 Å². The lowest BCUT2D eigenvalue weighted by molar-refractivity contribution is 0.659. The topological polar surface area (TPSA) is 0 Å². The maximum atomic E-state index is 2.48. The molecule has 0 heterocycles. The molecule has 13 rings (SSSR count). The molecule has 0 unspecified atom stereocenters. The van der Waals surface area contributed by atoms with Crippen molar-refractivity contribution in [2.24, 2.45) is 0 Å². The first-order chi connectivity index (χ1) is 33.4. The van der Waals surface area contributed by atoms with Crippen LogP contribution < -0.4 is 0 Å². The van der Waals surface area contributed by atoms with E-state index in [4.69, 9.17) is 0 Å². The number of rotatable bonds is 6. The lowest BCUT2D eigenvalue weighted by atomic mass is 9.79. The molecule has 0 bridgehead atoms. The van der Waals surface area contributed by atoms with Crippen molar-refractivity contribution in [3.05, 3.63) is 252 Å². The molecule has 0 amide bonds. The van der Waals surface area contributed by atoms with E-state index in [9.17, 15) is 0 Å². The van der Waals surface area contributed by atoms with Crippen LogP contribution in [0.4, 0.5) is 0 Å².